The molecule has 2 aromatic rings. The van der Waals surface area contributed by atoms with E-state index in [1.165, 1.54) is 9.75 Å². The Kier molecular flexibility index (Phi) is 5.17. The Morgan fingerprint density at radius 2 is 1.95 bits per heavy atom. The van der Waals surface area contributed by atoms with Crippen LogP contribution in [-0.4, -0.2) is 12.5 Å². The van der Waals surface area contributed by atoms with Gasteiger partial charge in [-0.15, -0.1) is 11.3 Å². The Hall–Kier alpha value is -1.36. The zero-order chi connectivity index (χ0) is 14.5. The van der Waals surface area contributed by atoms with Crippen molar-refractivity contribution < 1.29 is 4.79 Å². The molecule has 0 spiro atoms. The number of anilines is 1. The highest BCUT2D eigenvalue weighted by molar-refractivity contribution is 7.12. The molecule has 0 fully saturated rings. The molecule has 2 rings (SSSR count). The van der Waals surface area contributed by atoms with Gasteiger partial charge in [-0.2, -0.15) is 0 Å². The molecule has 106 valence electrons. The van der Waals surface area contributed by atoms with Gasteiger partial charge < -0.3 is 10.6 Å². The summed E-state index contributed by atoms with van der Waals surface area (Å²) in [6.07, 6.45) is 0. The van der Waals surface area contributed by atoms with E-state index < -0.39 is 0 Å². The first-order chi connectivity index (χ1) is 9.54. The van der Waals surface area contributed by atoms with Crippen molar-refractivity contribution in [3.05, 3.63) is 51.2 Å². The zero-order valence-corrected chi connectivity index (χ0v) is 13.0. The maximum Gasteiger partial charge on any atom is 0.238 e. The number of halogens is 1. The highest BCUT2D eigenvalue weighted by Gasteiger charge is 2.09. The van der Waals surface area contributed by atoms with Gasteiger partial charge in [-0.1, -0.05) is 11.6 Å². The van der Waals surface area contributed by atoms with Crippen molar-refractivity contribution in [3.8, 4) is 0 Å². The number of rotatable bonds is 5. The van der Waals surface area contributed by atoms with Crippen LogP contribution in [0.4, 0.5) is 5.69 Å². The molecule has 1 atom stereocenters. The van der Waals surface area contributed by atoms with E-state index in [9.17, 15) is 4.79 Å². The lowest BCUT2D eigenvalue weighted by Crippen LogP contribution is -2.29. The van der Waals surface area contributed by atoms with Crippen molar-refractivity contribution in [2.45, 2.75) is 19.9 Å². The van der Waals surface area contributed by atoms with Gasteiger partial charge >= 0.3 is 0 Å². The maximum atomic E-state index is 11.8. The molecule has 1 heterocycles. The second-order valence-corrected chi connectivity index (χ2v) is 6.36. The summed E-state index contributed by atoms with van der Waals surface area (Å²) < 4.78 is 0. The molecule has 0 aliphatic rings. The van der Waals surface area contributed by atoms with Gasteiger partial charge in [0.15, 0.2) is 0 Å². The Morgan fingerprint density at radius 1 is 1.25 bits per heavy atom. The Balaban J connectivity index is 1.81. The van der Waals surface area contributed by atoms with Gasteiger partial charge in [0.2, 0.25) is 5.91 Å². The number of carbonyl (C=O) groups is 1. The van der Waals surface area contributed by atoms with Crippen molar-refractivity contribution in [1.29, 1.82) is 0 Å². The summed E-state index contributed by atoms with van der Waals surface area (Å²) in [5.74, 6) is -0.0625. The molecular formula is C15H17ClN2OS. The van der Waals surface area contributed by atoms with Crippen LogP contribution in [0.25, 0.3) is 0 Å². The summed E-state index contributed by atoms with van der Waals surface area (Å²) in [5, 5.41) is 6.70. The first kappa shape index (κ1) is 15.0. The lowest BCUT2D eigenvalue weighted by Gasteiger charge is -2.12. The van der Waals surface area contributed by atoms with Crippen LogP contribution in [0, 0.1) is 6.92 Å². The van der Waals surface area contributed by atoms with Gasteiger partial charge in [-0.3, -0.25) is 4.79 Å². The topological polar surface area (TPSA) is 41.1 Å². The Labute approximate surface area is 128 Å². The summed E-state index contributed by atoms with van der Waals surface area (Å²) in [6, 6.07) is 11.4. The van der Waals surface area contributed by atoms with Crippen LogP contribution in [0.3, 0.4) is 0 Å². The molecule has 1 aromatic heterocycles. The van der Waals surface area contributed by atoms with Gasteiger partial charge in [0.25, 0.3) is 0 Å². The molecule has 2 N–H and O–H groups in total. The number of thiophene rings is 1. The predicted molar refractivity (Wildman–Crippen MR) is 85.6 cm³/mol. The Bertz CT molecular complexity index is 580. The van der Waals surface area contributed by atoms with Crippen molar-refractivity contribution in [1.82, 2.24) is 5.32 Å². The molecule has 1 amide bonds. The average molecular weight is 309 g/mol. The highest BCUT2D eigenvalue weighted by atomic mass is 35.5. The molecule has 0 saturated heterocycles. The summed E-state index contributed by atoms with van der Waals surface area (Å²) >= 11 is 7.54. The van der Waals surface area contributed by atoms with Crippen molar-refractivity contribution in [3.63, 3.8) is 0 Å². The van der Waals surface area contributed by atoms with Gasteiger partial charge in [0.05, 0.1) is 6.54 Å². The van der Waals surface area contributed by atoms with E-state index in [1.54, 1.807) is 35.6 Å². The number of hydrogen-bond donors (Lipinski definition) is 2. The fourth-order valence-corrected chi connectivity index (χ4v) is 2.80. The van der Waals surface area contributed by atoms with Gasteiger partial charge in [-0.05, 0) is 50.2 Å². The minimum atomic E-state index is -0.0625. The normalized spacial score (nSPS) is 12.2. The fourth-order valence-electron chi connectivity index (χ4n) is 1.77. The van der Waals surface area contributed by atoms with E-state index in [-0.39, 0.29) is 18.5 Å². The zero-order valence-electron chi connectivity index (χ0n) is 11.4. The van der Waals surface area contributed by atoms with E-state index in [0.717, 1.165) is 5.69 Å². The molecule has 1 aromatic carbocycles. The van der Waals surface area contributed by atoms with Crippen LogP contribution in [-0.2, 0) is 4.79 Å². The van der Waals surface area contributed by atoms with Gasteiger partial charge in [0.1, 0.15) is 0 Å². The third-order valence-corrected chi connectivity index (χ3v) is 4.32. The minimum Gasteiger partial charge on any atom is -0.325 e. The highest BCUT2D eigenvalue weighted by Crippen LogP contribution is 2.22. The maximum absolute atomic E-state index is 11.8. The fraction of sp³-hybridized carbons (Fsp3) is 0.267. The SMILES string of the molecule is Cc1ccc(C(C)NCC(=O)Nc2ccc(Cl)cc2)s1. The number of nitrogens with one attached hydrogen (secondary N) is 2. The number of hydrogen-bond acceptors (Lipinski definition) is 3. The van der Waals surface area contributed by atoms with E-state index >= 15 is 0 Å². The number of benzene rings is 1. The van der Waals surface area contributed by atoms with Crippen LogP contribution in [0.5, 0.6) is 0 Å². The summed E-state index contributed by atoms with van der Waals surface area (Å²) in [6.45, 7) is 4.41. The average Bonchev–Trinajstić information content (AvgIpc) is 2.85. The number of amides is 1. The molecule has 0 radical (unpaired) electrons. The largest absolute Gasteiger partial charge is 0.325 e. The van der Waals surface area contributed by atoms with Crippen molar-refractivity contribution >= 4 is 34.5 Å². The third-order valence-electron chi connectivity index (χ3n) is 2.88. The molecule has 5 heteroatoms. The number of carbonyl (C=O) groups excluding carboxylic acids is 1. The van der Waals surface area contributed by atoms with Crippen LogP contribution in [0.2, 0.25) is 5.02 Å². The second-order valence-electron chi connectivity index (χ2n) is 4.61. The second kappa shape index (κ2) is 6.88. The minimum absolute atomic E-state index is 0.0625. The van der Waals surface area contributed by atoms with Crippen LogP contribution >= 0.6 is 22.9 Å². The molecule has 0 saturated carbocycles. The summed E-state index contributed by atoms with van der Waals surface area (Å²) in [4.78, 5) is 14.4. The molecule has 0 aliphatic carbocycles. The Morgan fingerprint density at radius 3 is 2.55 bits per heavy atom. The quantitative estimate of drug-likeness (QED) is 0.876. The molecule has 0 bridgehead atoms. The van der Waals surface area contributed by atoms with Crippen molar-refractivity contribution in [2.75, 3.05) is 11.9 Å². The summed E-state index contributed by atoms with van der Waals surface area (Å²) in [7, 11) is 0. The molecule has 3 nitrogen and oxygen atoms in total. The van der Waals surface area contributed by atoms with E-state index in [0.29, 0.717) is 5.02 Å². The number of aryl methyl sites for hydroxylation is 1. The molecule has 20 heavy (non-hydrogen) atoms. The smallest absolute Gasteiger partial charge is 0.238 e. The van der Waals surface area contributed by atoms with Crippen LogP contribution in [0.1, 0.15) is 22.7 Å². The first-order valence-electron chi connectivity index (χ1n) is 6.40. The van der Waals surface area contributed by atoms with E-state index in [2.05, 4.69) is 36.6 Å². The van der Waals surface area contributed by atoms with Crippen molar-refractivity contribution in [2.24, 2.45) is 0 Å². The van der Waals surface area contributed by atoms with Gasteiger partial charge in [-0.25, -0.2) is 0 Å². The predicted octanol–water partition coefficient (Wildman–Crippen LogP) is 4.00. The third kappa shape index (κ3) is 4.34. The van der Waals surface area contributed by atoms with Gasteiger partial charge in [0, 0.05) is 26.5 Å². The monoisotopic (exact) mass is 308 g/mol. The summed E-state index contributed by atoms with van der Waals surface area (Å²) in [5.41, 5.74) is 0.751. The molecule has 0 aliphatic heterocycles. The lowest BCUT2D eigenvalue weighted by atomic mass is 10.2. The first-order valence-corrected chi connectivity index (χ1v) is 7.59. The van der Waals surface area contributed by atoms with E-state index in [4.69, 9.17) is 11.6 Å². The standard InChI is InChI=1S/C15H17ClN2OS/c1-10-3-8-14(20-10)11(2)17-9-15(19)18-13-6-4-12(16)5-7-13/h3-8,11,17H,9H2,1-2H3,(H,18,19). The molecular weight excluding hydrogens is 292 g/mol. The van der Waals surface area contributed by atoms with Crippen LogP contribution in [0.15, 0.2) is 36.4 Å². The van der Waals surface area contributed by atoms with Crippen LogP contribution < -0.4 is 10.6 Å². The molecule has 1 unspecified atom stereocenters. The van der Waals surface area contributed by atoms with E-state index in [1.807, 2.05) is 0 Å². The lowest BCUT2D eigenvalue weighted by molar-refractivity contribution is -0.115.